The summed E-state index contributed by atoms with van der Waals surface area (Å²) in [6.45, 7) is 9.37. The van der Waals surface area contributed by atoms with Crippen molar-refractivity contribution in [3.05, 3.63) is 12.2 Å². The number of allylic oxidation sites excluding steroid dienone is 2. The number of hydrogen-bond donors (Lipinski definition) is 0. The number of ketones is 1. The van der Waals surface area contributed by atoms with E-state index in [0.29, 0.717) is 0 Å². The first-order chi connectivity index (χ1) is 10.1. The summed E-state index contributed by atoms with van der Waals surface area (Å²) in [5.41, 5.74) is -0.565. The highest BCUT2D eigenvalue weighted by molar-refractivity contribution is 6.10. The first-order valence-corrected chi connectivity index (χ1v) is 8.24. The second-order valence-corrected chi connectivity index (χ2v) is 8.35. The second kappa shape index (κ2) is 4.77. The van der Waals surface area contributed by atoms with Crippen molar-refractivity contribution < 1.29 is 14.4 Å². The topological polar surface area (TPSA) is 54.5 Å². The van der Waals surface area contributed by atoms with Gasteiger partial charge in [0.15, 0.2) is 5.78 Å². The van der Waals surface area contributed by atoms with Gasteiger partial charge in [-0.15, -0.1) is 0 Å². The molecule has 1 aliphatic heterocycles. The van der Waals surface area contributed by atoms with E-state index in [0.717, 1.165) is 6.42 Å². The fourth-order valence-corrected chi connectivity index (χ4v) is 4.36. The van der Waals surface area contributed by atoms with Crippen molar-refractivity contribution >= 4 is 17.6 Å². The number of nitrogens with zero attached hydrogens (tertiary/aromatic N) is 1. The molecule has 22 heavy (non-hydrogen) atoms. The van der Waals surface area contributed by atoms with Gasteiger partial charge in [0.25, 0.3) is 0 Å². The SMILES string of the molecule is CC(C)C(C(=O)C(C)(C)C)N1C(=O)C2C3C=CC(C3)C2C1=O. The van der Waals surface area contributed by atoms with Crippen molar-refractivity contribution in [2.24, 2.45) is 35.0 Å². The van der Waals surface area contributed by atoms with E-state index in [1.165, 1.54) is 4.90 Å². The van der Waals surface area contributed by atoms with Crippen LogP contribution < -0.4 is 0 Å². The predicted octanol–water partition coefficient (Wildman–Crippen LogP) is 2.43. The van der Waals surface area contributed by atoms with Crippen LogP contribution in [0.25, 0.3) is 0 Å². The Balaban J connectivity index is 1.96. The summed E-state index contributed by atoms with van der Waals surface area (Å²) < 4.78 is 0. The number of imide groups is 1. The molecule has 0 N–H and O–H groups in total. The summed E-state index contributed by atoms with van der Waals surface area (Å²) >= 11 is 0. The molecule has 1 saturated carbocycles. The molecule has 120 valence electrons. The Morgan fingerprint density at radius 2 is 1.55 bits per heavy atom. The molecule has 0 radical (unpaired) electrons. The lowest BCUT2D eigenvalue weighted by atomic mass is 9.81. The van der Waals surface area contributed by atoms with Crippen molar-refractivity contribution in [2.75, 3.05) is 0 Å². The first kappa shape index (κ1) is 15.4. The number of likely N-dealkylation sites (tertiary alicyclic amines) is 1. The van der Waals surface area contributed by atoms with Crippen LogP contribution in [0.4, 0.5) is 0 Å². The molecule has 0 spiro atoms. The maximum absolute atomic E-state index is 12.9. The summed E-state index contributed by atoms with van der Waals surface area (Å²) in [6.07, 6.45) is 5.08. The first-order valence-electron chi connectivity index (χ1n) is 8.24. The molecular weight excluding hydrogens is 278 g/mol. The van der Waals surface area contributed by atoms with E-state index < -0.39 is 11.5 Å². The number of rotatable bonds is 3. The number of fused-ring (bicyclic) bond motifs is 5. The lowest BCUT2D eigenvalue weighted by Crippen LogP contribution is -2.52. The number of carbonyl (C=O) groups excluding carboxylic acids is 3. The van der Waals surface area contributed by atoms with Crippen molar-refractivity contribution in [2.45, 2.75) is 47.1 Å². The number of amides is 2. The zero-order valence-electron chi connectivity index (χ0n) is 14.0. The van der Waals surface area contributed by atoms with Crippen LogP contribution in [0.1, 0.15) is 41.0 Å². The van der Waals surface area contributed by atoms with E-state index in [1.807, 2.05) is 34.6 Å². The van der Waals surface area contributed by atoms with Crippen LogP contribution in [0, 0.1) is 35.0 Å². The van der Waals surface area contributed by atoms with Gasteiger partial charge in [-0.2, -0.15) is 0 Å². The maximum Gasteiger partial charge on any atom is 0.234 e. The molecule has 4 nitrogen and oxygen atoms in total. The molecule has 0 aromatic rings. The van der Waals surface area contributed by atoms with E-state index in [-0.39, 0.29) is 47.2 Å². The molecule has 0 aromatic carbocycles. The van der Waals surface area contributed by atoms with Crippen LogP contribution in [0.3, 0.4) is 0 Å². The Labute approximate surface area is 131 Å². The fourth-order valence-electron chi connectivity index (χ4n) is 4.36. The quantitative estimate of drug-likeness (QED) is 0.594. The molecule has 2 amide bonds. The van der Waals surface area contributed by atoms with Gasteiger partial charge in [0.2, 0.25) is 11.8 Å². The largest absolute Gasteiger partial charge is 0.297 e. The van der Waals surface area contributed by atoms with Gasteiger partial charge in [-0.1, -0.05) is 46.8 Å². The van der Waals surface area contributed by atoms with Crippen molar-refractivity contribution in [3.63, 3.8) is 0 Å². The minimum absolute atomic E-state index is 0.0236. The summed E-state index contributed by atoms with van der Waals surface area (Å²) in [5.74, 6) is -0.407. The zero-order valence-corrected chi connectivity index (χ0v) is 14.0. The molecule has 5 unspecified atom stereocenters. The van der Waals surface area contributed by atoms with Crippen LogP contribution in [-0.4, -0.2) is 28.5 Å². The summed E-state index contributed by atoms with van der Waals surface area (Å²) in [4.78, 5) is 39.9. The highest BCUT2D eigenvalue weighted by Crippen LogP contribution is 2.53. The number of carbonyl (C=O) groups is 3. The van der Waals surface area contributed by atoms with Crippen molar-refractivity contribution in [3.8, 4) is 0 Å². The van der Waals surface area contributed by atoms with E-state index in [9.17, 15) is 14.4 Å². The molecule has 5 atom stereocenters. The zero-order chi connectivity index (χ0) is 16.4. The lowest BCUT2D eigenvalue weighted by Gasteiger charge is -2.34. The molecule has 2 fully saturated rings. The van der Waals surface area contributed by atoms with Crippen LogP contribution in [-0.2, 0) is 14.4 Å². The Bertz CT molecular complexity index is 539. The van der Waals surface area contributed by atoms with E-state index in [4.69, 9.17) is 0 Å². The molecule has 1 heterocycles. The average molecular weight is 303 g/mol. The molecule has 3 aliphatic rings. The molecule has 4 heteroatoms. The van der Waals surface area contributed by atoms with Crippen molar-refractivity contribution in [1.29, 1.82) is 0 Å². The third kappa shape index (κ3) is 1.99. The van der Waals surface area contributed by atoms with Crippen LogP contribution in [0.15, 0.2) is 12.2 Å². The van der Waals surface area contributed by atoms with Gasteiger partial charge in [0, 0.05) is 5.41 Å². The van der Waals surface area contributed by atoms with Gasteiger partial charge in [-0.3, -0.25) is 19.3 Å². The van der Waals surface area contributed by atoms with Crippen LogP contribution in [0.5, 0.6) is 0 Å². The molecule has 2 aliphatic carbocycles. The third-order valence-electron chi connectivity index (χ3n) is 5.42. The Morgan fingerprint density at radius 3 is 1.91 bits per heavy atom. The Hall–Kier alpha value is -1.45. The van der Waals surface area contributed by atoms with Gasteiger partial charge in [0.1, 0.15) is 6.04 Å². The number of hydrogen-bond acceptors (Lipinski definition) is 3. The average Bonchev–Trinajstić information content (AvgIpc) is 3.06. The standard InChI is InChI=1S/C18H25NO3/c1-9(2)14(15(20)18(3,4)5)19-16(21)12-10-6-7-11(8-10)13(12)17(19)22/h6-7,9-14H,8H2,1-5H3. The minimum atomic E-state index is -0.634. The van der Waals surface area contributed by atoms with Crippen LogP contribution in [0.2, 0.25) is 0 Å². The smallest absolute Gasteiger partial charge is 0.234 e. The molecule has 2 bridgehead atoms. The molecule has 1 saturated heterocycles. The van der Waals surface area contributed by atoms with Gasteiger partial charge >= 0.3 is 0 Å². The highest BCUT2D eigenvalue weighted by atomic mass is 16.2. The third-order valence-corrected chi connectivity index (χ3v) is 5.42. The van der Waals surface area contributed by atoms with E-state index in [1.54, 1.807) is 0 Å². The second-order valence-electron chi connectivity index (χ2n) is 8.35. The summed E-state index contributed by atoms with van der Waals surface area (Å²) in [5, 5.41) is 0. The van der Waals surface area contributed by atoms with Gasteiger partial charge in [-0.25, -0.2) is 0 Å². The Kier molecular flexibility index (Phi) is 3.35. The monoisotopic (exact) mass is 303 g/mol. The molecular formula is C18H25NO3. The van der Waals surface area contributed by atoms with Gasteiger partial charge in [0.05, 0.1) is 11.8 Å². The van der Waals surface area contributed by atoms with Gasteiger partial charge in [-0.05, 0) is 24.2 Å². The van der Waals surface area contributed by atoms with E-state index >= 15 is 0 Å². The molecule has 3 rings (SSSR count). The molecule has 0 aromatic heterocycles. The normalized spacial score (nSPS) is 34.7. The highest BCUT2D eigenvalue weighted by Gasteiger charge is 2.61. The van der Waals surface area contributed by atoms with Gasteiger partial charge < -0.3 is 0 Å². The Morgan fingerprint density at radius 1 is 1.09 bits per heavy atom. The maximum atomic E-state index is 12.9. The summed E-state index contributed by atoms with van der Waals surface area (Å²) in [6, 6.07) is -0.634. The predicted molar refractivity (Wildman–Crippen MR) is 82.7 cm³/mol. The van der Waals surface area contributed by atoms with Crippen LogP contribution >= 0.6 is 0 Å². The minimum Gasteiger partial charge on any atom is -0.297 e. The number of Topliss-reactive ketones (excluding diaryl/α,β-unsaturated/α-hetero) is 1. The van der Waals surface area contributed by atoms with Crippen molar-refractivity contribution in [1.82, 2.24) is 4.90 Å². The van der Waals surface area contributed by atoms with E-state index in [2.05, 4.69) is 12.2 Å². The fraction of sp³-hybridized carbons (Fsp3) is 0.722. The lowest BCUT2D eigenvalue weighted by molar-refractivity contribution is -0.151. The summed E-state index contributed by atoms with van der Waals surface area (Å²) in [7, 11) is 0.